The molecular formula is C14H18ClN3O2. The van der Waals surface area contributed by atoms with Crippen molar-refractivity contribution < 1.29 is 10.0 Å². The van der Waals surface area contributed by atoms with E-state index >= 15 is 0 Å². The van der Waals surface area contributed by atoms with Gasteiger partial charge in [0.05, 0.1) is 0 Å². The maximum atomic E-state index is 12.5. The Hall–Kier alpha value is -1.75. The Bertz CT molecular complexity index is 537. The molecule has 1 heterocycles. The average Bonchev–Trinajstić information content (AvgIpc) is 2.48. The molecule has 6 heteroatoms. The van der Waals surface area contributed by atoms with Crippen molar-refractivity contribution in [1.29, 1.82) is 0 Å². The van der Waals surface area contributed by atoms with Crippen LogP contribution < -0.4 is 5.73 Å². The van der Waals surface area contributed by atoms with E-state index in [4.69, 9.17) is 22.5 Å². The van der Waals surface area contributed by atoms with E-state index in [1.807, 2.05) is 6.92 Å². The monoisotopic (exact) mass is 295 g/mol. The number of hydrogen-bond acceptors (Lipinski definition) is 3. The first-order chi connectivity index (χ1) is 9.54. The number of likely N-dealkylation sites (tertiary alicyclic amines) is 1. The van der Waals surface area contributed by atoms with Crippen LogP contribution in [0.5, 0.6) is 0 Å². The van der Waals surface area contributed by atoms with Crippen molar-refractivity contribution in [1.82, 2.24) is 4.90 Å². The van der Waals surface area contributed by atoms with Crippen LogP contribution in [-0.2, 0) is 0 Å². The fourth-order valence-corrected chi connectivity index (χ4v) is 2.64. The number of nitrogens with zero attached hydrogens (tertiary/aromatic N) is 2. The van der Waals surface area contributed by atoms with Gasteiger partial charge in [0.1, 0.15) is 5.84 Å². The highest BCUT2D eigenvalue weighted by Gasteiger charge is 2.26. The van der Waals surface area contributed by atoms with Gasteiger partial charge in [0, 0.05) is 29.6 Å². The van der Waals surface area contributed by atoms with Crippen molar-refractivity contribution in [2.45, 2.75) is 19.8 Å². The molecule has 108 valence electrons. The van der Waals surface area contributed by atoms with Crippen molar-refractivity contribution in [2.24, 2.45) is 16.8 Å². The van der Waals surface area contributed by atoms with Crippen LogP contribution >= 0.6 is 11.6 Å². The fourth-order valence-electron chi connectivity index (χ4n) is 2.47. The van der Waals surface area contributed by atoms with Crippen molar-refractivity contribution in [3.05, 3.63) is 34.3 Å². The van der Waals surface area contributed by atoms with Gasteiger partial charge in [-0.1, -0.05) is 22.8 Å². The highest BCUT2D eigenvalue weighted by Crippen LogP contribution is 2.23. The molecule has 1 aromatic carbocycles. The number of amides is 1. The maximum absolute atomic E-state index is 12.5. The molecule has 5 nitrogen and oxygen atoms in total. The van der Waals surface area contributed by atoms with Crippen molar-refractivity contribution in [3.63, 3.8) is 0 Å². The molecule has 1 saturated heterocycles. The normalized spacial score (nSPS) is 17.3. The second-order valence-corrected chi connectivity index (χ2v) is 5.41. The summed E-state index contributed by atoms with van der Waals surface area (Å²) >= 11 is 6.05. The molecule has 0 aromatic heterocycles. The molecule has 1 aromatic rings. The van der Waals surface area contributed by atoms with E-state index < -0.39 is 0 Å². The van der Waals surface area contributed by atoms with E-state index in [9.17, 15) is 4.79 Å². The zero-order valence-electron chi connectivity index (χ0n) is 11.3. The van der Waals surface area contributed by atoms with Crippen molar-refractivity contribution >= 4 is 23.3 Å². The maximum Gasteiger partial charge on any atom is 0.254 e. The fraction of sp³-hybridized carbons (Fsp3) is 0.429. The number of rotatable bonds is 2. The van der Waals surface area contributed by atoms with E-state index in [1.165, 1.54) is 0 Å². The molecule has 3 N–H and O–H groups in total. The molecule has 0 saturated carbocycles. The smallest absolute Gasteiger partial charge is 0.254 e. The minimum atomic E-state index is -0.0111. The largest absolute Gasteiger partial charge is 0.409 e. The topological polar surface area (TPSA) is 78.9 Å². The SMILES string of the molecule is Cc1c(Cl)cccc1C(=O)N1CCC(/C(N)=N/O)CC1. The molecule has 0 unspecified atom stereocenters. The van der Waals surface area contributed by atoms with E-state index in [0.717, 1.165) is 5.56 Å². The summed E-state index contributed by atoms with van der Waals surface area (Å²) in [5, 5.41) is 12.3. The van der Waals surface area contributed by atoms with Gasteiger partial charge in [-0.05, 0) is 37.5 Å². The Kier molecular flexibility index (Phi) is 4.49. The molecule has 1 fully saturated rings. The molecule has 1 aliphatic heterocycles. The molecule has 0 bridgehead atoms. The lowest BCUT2D eigenvalue weighted by atomic mass is 9.95. The lowest BCUT2D eigenvalue weighted by molar-refractivity contribution is 0.0708. The molecule has 2 rings (SSSR count). The van der Waals surface area contributed by atoms with Crippen LogP contribution in [0.4, 0.5) is 0 Å². The van der Waals surface area contributed by atoms with Gasteiger partial charge in [-0.3, -0.25) is 4.79 Å². The highest BCUT2D eigenvalue weighted by molar-refractivity contribution is 6.31. The Morgan fingerprint density at radius 2 is 2.10 bits per heavy atom. The van der Waals surface area contributed by atoms with Crippen molar-refractivity contribution in [2.75, 3.05) is 13.1 Å². The number of benzene rings is 1. The average molecular weight is 296 g/mol. The van der Waals surface area contributed by atoms with Gasteiger partial charge in [-0.25, -0.2) is 0 Å². The molecule has 0 radical (unpaired) electrons. The number of halogens is 1. The summed E-state index contributed by atoms with van der Waals surface area (Å²) in [5.41, 5.74) is 7.05. The minimum absolute atomic E-state index is 0.0111. The zero-order valence-corrected chi connectivity index (χ0v) is 12.1. The van der Waals surface area contributed by atoms with Crippen LogP contribution in [-0.4, -0.2) is 34.9 Å². The Morgan fingerprint density at radius 1 is 1.45 bits per heavy atom. The van der Waals surface area contributed by atoms with E-state index in [1.54, 1.807) is 23.1 Å². The van der Waals surface area contributed by atoms with E-state index in [2.05, 4.69) is 5.16 Å². The number of oxime groups is 1. The molecule has 0 aliphatic carbocycles. The van der Waals surface area contributed by atoms with Crippen LogP contribution in [0.25, 0.3) is 0 Å². The third-order valence-corrected chi connectivity index (χ3v) is 4.22. The number of carbonyl (C=O) groups is 1. The zero-order chi connectivity index (χ0) is 14.7. The van der Waals surface area contributed by atoms with Gasteiger partial charge in [0.25, 0.3) is 5.91 Å². The first-order valence-corrected chi connectivity index (χ1v) is 6.94. The molecular weight excluding hydrogens is 278 g/mol. The van der Waals surface area contributed by atoms with Crippen molar-refractivity contribution in [3.8, 4) is 0 Å². The number of amidine groups is 1. The second kappa shape index (κ2) is 6.13. The third-order valence-electron chi connectivity index (χ3n) is 3.81. The summed E-state index contributed by atoms with van der Waals surface area (Å²) in [6, 6.07) is 5.35. The standard InChI is InChI=1S/C14H18ClN3O2/c1-9-11(3-2-4-12(9)15)14(19)18-7-5-10(6-8-18)13(16)17-20/h2-4,10,20H,5-8H2,1H3,(H2,16,17). The van der Waals surface area contributed by atoms with E-state index in [-0.39, 0.29) is 17.7 Å². The summed E-state index contributed by atoms with van der Waals surface area (Å²) in [6.07, 6.45) is 1.42. The van der Waals surface area contributed by atoms with Crippen LogP contribution in [0.3, 0.4) is 0 Å². The van der Waals surface area contributed by atoms with Gasteiger partial charge >= 0.3 is 0 Å². The Morgan fingerprint density at radius 3 is 2.70 bits per heavy atom. The van der Waals surface area contributed by atoms with E-state index in [0.29, 0.717) is 36.5 Å². The predicted molar refractivity (Wildman–Crippen MR) is 78.2 cm³/mol. The summed E-state index contributed by atoms with van der Waals surface area (Å²) in [4.78, 5) is 14.3. The summed E-state index contributed by atoms with van der Waals surface area (Å²) < 4.78 is 0. The quantitative estimate of drug-likeness (QED) is 0.380. The lowest BCUT2D eigenvalue weighted by Crippen LogP contribution is -2.42. The third kappa shape index (κ3) is 2.88. The number of carbonyl (C=O) groups excluding carboxylic acids is 1. The number of hydrogen-bond donors (Lipinski definition) is 2. The van der Waals surface area contributed by atoms with Gasteiger partial charge in [-0.15, -0.1) is 0 Å². The Balaban J connectivity index is 2.07. The van der Waals surface area contributed by atoms with Crippen LogP contribution in [0.2, 0.25) is 5.02 Å². The summed E-state index contributed by atoms with van der Waals surface area (Å²) in [5.74, 6) is 0.281. The number of piperidine rings is 1. The molecule has 1 aliphatic rings. The predicted octanol–water partition coefficient (Wildman–Crippen LogP) is 2.25. The highest BCUT2D eigenvalue weighted by atomic mass is 35.5. The van der Waals surface area contributed by atoms with Gasteiger partial charge < -0.3 is 15.8 Å². The Labute approximate surface area is 123 Å². The minimum Gasteiger partial charge on any atom is -0.409 e. The lowest BCUT2D eigenvalue weighted by Gasteiger charge is -2.31. The van der Waals surface area contributed by atoms with Gasteiger partial charge in [0.15, 0.2) is 0 Å². The summed E-state index contributed by atoms with van der Waals surface area (Å²) in [6.45, 7) is 3.05. The summed E-state index contributed by atoms with van der Waals surface area (Å²) in [7, 11) is 0. The first kappa shape index (κ1) is 14.7. The molecule has 20 heavy (non-hydrogen) atoms. The molecule has 0 atom stereocenters. The van der Waals surface area contributed by atoms with Gasteiger partial charge in [0.2, 0.25) is 0 Å². The first-order valence-electron chi connectivity index (χ1n) is 6.56. The van der Waals surface area contributed by atoms with Crippen LogP contribution in [0.15, 0.2) is 23.4 Å². The van der Waals surface area contributed by atoms with Crippen LogP contribution in [0.1, 0.15) is 28.8 Å². The second-order valence-electron chi connectivity index (χ2n) is 5.00. The molecule has 0 spiro atoms. The van der Waals surface area contributed by atoms with Gasteiger partial charge in [-0.2, -0.15) is 0 Å². The van der Waals surface area contributed by atoms with Crippen LogP contribution in [0, 0.1) is 12.8 Å². The molecule has 1 amide bonds. The number of nitrogens with two attached hydrogens (primary N) is 1.